The number of nitrogens with zero attached hydrogens (tertiary/aromatic N) is 1. The molecule has 1 amide bonds. The first-order valence-electron chi connectivity index (χ1n) is 7.48. The van der Waals surface area contributed by atoms with Gasteiger partial charge in [0, 0.05) is 6.54 Å². The Bertz CT molecular complexity index is 574. The lowest BCUT2D eigenvalue weighted by molar-refractivity contribution is -0.216. The Morgan fingerprint density at radius 2 is 2.09 bits per heavy atom. The molecular weight excluding hydrogens is 309 g/mol. The molecule has 1 aliphatic rings. The SMILES string of the molecule is CN(C)C(CNC(=O)C(F)(F)C1(O)CCC1)c1cccc(F)c1. The van der Waals surface area contributed by atoms with Crippen molar-refractivity contribution >= 4 is 5.91 Å². The second kappa shape index (κ2) is 6.49. The number of carbonyl (C=O) groups is 1. The zero-order valence-electron chi connectivity index (χ0n) is 13.2. The molecule has 7 heteroatoms. The molecule has 128 valence electrons. The van der Waals surface area contributed by atoms with Gasteiger partial charge in [0.1, 0.15) is 11.4 Å². The highest BCUT2D eigenvalue weighted by atomic mass is 19.3. The van der Waals surface area contributed by atoms with Gasteiger partial charge in [-0.1, -0.05) is 12.1 Å². The molecule has 0 spiro atoms. The Hall–Kier alpha value is -1.60. The van der Waals surface area contributed by atoms with Gasteiger partial charge in [-0.25, -0.2) is 4.39 Å². The largest absolute Gasteiger partial charge is 0.383 e. The quantitative estimate of drug-likeness (QED) is 0.840. The zero-order valence-corrected chi connectivity index (χ0v) is 13.2. The van der Waals surface area contributed by atoms with Crippen LogP contribution in [0.2, 0.25) is 0 Å². The van der Waals surface area contributed by atoms with Gasteiger partial charge < -0.3 is 15.3 Å². The number of aliphatic hydroxyl groups is 1. The molecule has 1 fully saturated rings. The van der Waals surface area contributed by atoms with Crippen LogP contribution in [0.1, 0.15) is 30.9 Å². The number of nitrogens with one attached hydrogen (secondary N) is 1. The second-order valence-corrected chi connectivity index (χ2v) is 6.20. The summed E-state index contributed by atoms with van der Waals surface area (Å²) in [5, 5.41) is 11.9. The van der Waals surface area contributed by atoms with E-state index in [4.69, 9.17) is 0 Å². The first-order chi connectivity index (χ1) is 10.7. The maximum absolute atomic E-state index is 14.0. The molecule has 2 rings (SSSR count). The van der Waals surface area contributed by atoms with Crippen LogP contribution in [0.25, 0.3) is 0 Å². The van der Waals surface area contributed by atoms with Gasteiger partial charge in [0.15, 0.2) is 0 Å². The molecule has 2 N–H and O–H groups in total. The molecule has 4 nitrogen and oxygen atoms in total. The topological polar surface area (TPSA) is 52.6 Å². The predicted octanol–water partition coefficient (Wildman–Crippen LogP) is 2.09. The molecule has 23 heavy (non-hydrogen) atoms. The van der Waals surface area contributed by atoms with E-state index in [-0.39, 0.29) is 19.4 Å². The van der Waals surface area contributed by atoms with E-state index in [9.17, 15) is 23.1 Å². The van der Waals surface area contributed by atoms with Crippen molar-refractivity contribution < 1.29 is 23.1 Å². The molecule has 0 heterocycles. The van der Waals surface area contributed by atoms with E-state index in [1.54, 1.807) is 25.1 Å². The van der Waals surface area contributed by atoms with Crippen LogP contribution >= 0.6 is 0 Å². The third-order valence-corrected chi connectivity index (χ3v) is 4.36. The van der Waals surface area contributed by atoms with Gasteiger partial charge in [-0.2, -0.15) is 8.78 Å². The monoisotopic (exact) mass is 330 g/mol. The number of halogens is 3. The zero-order chi connectivity index (χ0) is 17.3. The van der Waals surface area contributed by atoms with E-state index >= 15 is 0 Å². The van der Waals surface area contributed by atoms with Crippen LogP contribution in [0.5, 0.6) is 0 Å². The number of hydrogen-bond donors (Lipinski definition) is 2. The van der Waals surface area contributed by atoms with Gasteiger partial charge in [0.05, 0.1) is 6.04 Å². The normalized spacial score (nSPS) is 18.4. The number of amides is 1. The summed E-state index contributed by atoms with van der Waals surface area (Å²) < 4.78 is 41.4. The van der Waals surface area contributed by atoms with E-state index in [1.807, 2.05) is 0 Å². The minimum atomic E-state index is -3.83. The predicted molar refractivity (Wildman–Crippen MR) is 79.6 cm³/mol. The standard InChI is InChI=1S/C16H21F3N2O2/c1-21(2)13(11-5-3-6-12(17)9-11)10-20-14(22)16(18,19)15(23)7-4-8-15/h3,5-6,9,13,23H,4,7-8,10H2,1-2H3,(H,20,22). The first-order valence-corrected chi connectivity index (χ1v) is 7.48. The Labute approximate surface area is 133 Å². The Morgan fingerprint density at radius 3 is 2.57 bits per heavy atom. The fraction of sp³-hybridized carbons (Fsp3) is 0.562. The van der Waals surface area contributed by atoms with E-state index in [2.05, 4.69) is 5.32 Å². The lowest BCUT2D eigenvalue weighted by Crippen LogP contribution is -2.61. The van der Waals surface area contributed by atoms with Crippen molar-refractivity contribution in [1.29, 1.82) is 0 Å². The Kier molecular flexibility index (Phi) is 5.01. The maximum Gasteiger partial charge on any atom is 0.352 e. The highest BCUT2D eigenvalue weighted by Gasteiger charge is 2.61. The van der Waals surface area contributed by atoms with Crippen molar-refractivity contribution in [3.05, 3.63) is 35.6 Å². The van der Waals surface area contributed by atoms with Gasteiger partial charge >= 0.3 is 5.92 Å². The molecule has 0 aliphatic heterocycles. The van der Waals surface area contributed by atoms with Crippen LogP contribution in [0.15, 0.2) is 24.3 Å². The van der Waals surface area contributed by atoms with Crippen molar-refractivity contribution in [2.24, 2.45) is 0 Å². The van der Waals surface area contributed by atoms with Crippen LogP contribution < -0.4 is 5.32 Å². The lowest BCUT2D eigenvalue weighted by atomic mass is 9.75. The van der Waals surface area contributed by atoms with E-state index in [1.165, 1.54) is 18.2 Å². The average Bonchev–Trinajstić information content (AvgIpc) is 2.44. The van der Waals surface area contributed by atoms with Crippen LogP contribution in [-0.2, 0) is 4.79 Å². The minimum absolute atomic E-state index is 0.0889. The van der Waals surface area contributed by atoms with E-state index < -0.39 is 29.3 Å². The fourth-order valence-electron chi connectivity index (χ4n) is 2.65. The molecule has 1 aromatic carbocycles. The molecular formula is C16H21F3N2O2. The summed E-state index contributed by atoms with van der Waals surface area (Å²) in [4.78, 5) is 13.5. The van der Waals surface area contributed by atoms with Crippen molar-refractivity contribution in [1.82, 2.24) is 10.2 Å². The maximum atomic E-state index is 14.0. The van der Waals surface area contributed by atoms with Gasteiger partial charge in [-0.05, 0) is 51.1 Å². The number of alkyl halides is 2. The van der Waals surface area contributed by atoms with Crippen molar-refractivity contribution in [3.8, 4) is 0 Å². The van der Waals surface area contributed by atoms with Gasteiger partial charge in [-0.15, -0.1) is 0 Å². The molecule has 0 bridgehead atoms. The third kappa shape index (κ3) is 3.50. The fourth-order valence-corrected chi connectivity index (χ4v) is 2.65. The molecule has 0 radical (unpaired) electrons. The average molecular weight is 330 g/mol. The highest BCUT2D eigenvalue weighted by molar-refractivity contribution is 5.85. The number of likely N-dealkylation sites (N-methyl/N-ethyl adjacent to an activating group) is 1. The molecule has 0 saturated heterocycles. The smallest absolute Gasteiger partial charge is 0.352 e. The number of carbonyl (C=O) groups excluding carboxylic acids is 1. The summed E-state index contributed by atoms with van der Waals surface area (Å²) in [6.07, 6.45) is 0.297. The summed E-state index contributed by atoms with van der Waals surface area (Å²) >= 11 is 0. The second-order valence-electron chi connectivity index (χ2n) is 6.20. The molecule has 1 aromatic rings. The summed E-state index contributed by atoms with van der Waals surface area (Å²) in [5.74, 6) is -5.76. The van der Waals surface area contributed by atoms with Gasteiger partial charge in [0.2, 0.25) is 0 Å². The van der Waals surface area contributed by atoms with Gasteiger partial charge in [0.25, 0.3) is 5.91 Å². The van der Waals surface area contributed by atoms with Crippen LogP contribution in [-0.4, -0.2) is 48.1 Å². The summed E-state index contributed by atoms with van der Waals surface area (Å²) in [7, 11) is 3.42. The molecule has 1 saturated carbocycles. The minimum Gasteiger partial charge on any atom is -0.383 e. The summed E-state index contributed by atoms with van der Waals surface area (Å²) in [6, 6.07) is 5.32. The van der Waals surface area contributed by atoms with Crippen molar-refractivity contribution in [2.45, 2.75) is 36.8 Å². The van der Waals surface area contributed by atoms with Crippen molar-refractivity contribution in [3.63, 3.8) is 0 Å². The lowest BCUT2D eigenvalue weighted by Gasteiger charge is -2.41. The molecule has 1 aliphatic carbocycles. The third-order valence-electron chi connectivity index (χ3n) is 4.36. The van der Waals surface area contributed by atoms with Crippen LogP contribution in [0.4, 0.5) is 13.2 Å². The number of rotatable bonds is 6. The summed E-state index contributed by atoms with van der Waals surface area (Å²) in [5.41, 5.74) is -1.68. The van der Waals surface area contributed by atoms with Gasteiger partial charge in [-0.3, -0.25) is 4.79 Å². The number of benzene rings is 1. The van der Waals surface area contributed by atoms with E-state index in [0.29, 0.717) is 12.0 Å². The highest BCUT2D eigenvalue weighted by Crippen LogP contribution is 2.44. The Morgan fingerprint density at radius 1 is 1.43 bits per heavy atom. The Balaban J connectivity index is 2.06. The van der Waals surface area contributed by atoms with Crippen LogP contribution in [0, 0.1) is 5.82 Å². The molecule has 1 atom stereocenters. The first kappa shape index (κ1) is 17.7. The molecule has 1 unspecified atom stereocenters. The van der Waals surface area contributed by atoms with E-state index in [0.717, 1.165) is 0 Å². The number of hydrogen-bond acceptors (Lipinski definition) is 3. The summed E-state index contributed by atoms with van der Waals surface area (Å²) in [6.45, 7) is -0.110. The molecule has 0 aromatic heterocycles. The van der Waals surface area contributed by atoms with Crippen molar-refractivity contribution in [2.75, 3.05) is 20.6 Å². The van der Waals surface area contributed by atoms with Crippen LogP contribution in [0.3, 0.4) is 0 Å².